The number of sulfonamides is 1. The molecule has 2 aliphatic heterocycles. The summed E-state index contributed by atoms with van der Waals surface area (Å²) < 4.78 is 27.4. The van der Waals surface area contributed by atoms with Gasteiger partial charge in [-0.2, -0.15) is 4.31 Å². The molecule has 0 saturated carbocycles. The Morgan fingerprint density at radius 1 is 0.974 bits per heavy atom. The van der Waals surface area contributed by atoms with Crippen LogP contribution in [0.3, 0.4) is 0 Å². The third kappa shape index (κ3) is 5.93. The van der Waals surface area contributed by atoms with Crippen molar-refractivity contribution in [2.75, 3.05) is 39.0 Å². The van der Waals surface area contributed by atoms with Crippen LogP contribution in [0.25, 0.3) is 0 Å². The highest BCUT2D eigenvalue weighted by Gasteiger charge is 2.31. The Hall–Kier alpha value is -2.80. The van der Waals surface area contributed by atoms with Crippen LogP contribution in [0.1, 0.15) is 64.3 Å². The van der Waals surface area contributed by atoms with Crippen molar-refractivity contribution in [3.05, 3.63) is 45.8 Å². The van der Waals surface area contributed by atoms with Crippen LogP contribution in [-0.4, -0.2) is 80.1 Å². The zero-order chi connectivity index (χ0) is 27.6. The maximum absolute atomic E-state index is 13.2. The maximum Gasteiger partial charge on any atom is 0.323 e. The van der Waals surface area contributed by atoms with Crippen molar-refractivity contribution in [3.63, 3.8) is 0 Å². The molecule has 10 nitrogen and oxygen atoms in total. The minimum atomic E-state index is -3.60. The van der Waals surface area contributed by atoms with Crippen LogP contribution in [0.2, 0.25) is 0 Å². The van der Waals surface area contributed by atoms with Gasteiger partial charge in [0, 0.05) is 56.8 Å². The van der Waals surface area contributed by atoms with E-state index < -0.39 is 27.9 Å². The quantitative estimate of drug-likeness (QED) is 0.558. The molecule has 2 aromatic rings. The summed E-state index contributed by atoms with van der Waals surface area (Å²) in [6.45, 7) is 6.65. The smallest absolute Gasteiger partial charge is 0.323 e. The van der Waals surface area contributed by atoms with Gasteiger partial charge in [0.1, 0.15) is 5.00 Å². The molecule has 38 heavy (non-hydrogen) atoms. The number of fused-ring (bicyclic) bond motifs is 1. The number of carbonyl (C=O) groups excluding carboxylic acids is 3. The summed E-state index contributed by atoms with van der Waals surface area (Å²) in [6, 6.07) is 5.64. The lowest BCUT2D eigenvalue weighted by Gasteiger charge is -2.30. The first kappa shape index (κ1) is 28.2. The first-order valence-corrected chi connectivity index (χ1v) is 15.1. The van der Waals surface area contributed by atoms with E-state index in [1.165, 1.54) is 44.8 Å². The first-order chi connectivity index (χ1) is 18.0. The second kappa shape index (κ2) is 11.5. The average molecular weight is 562 g/mol. The topological polar surface area (TPSA) is 119 Å². The van der Waals surface area contributed by atoms with Crippen LogP contribution in [0, 0.1) is 0 Å². The number of imide groups is 1. The van der Waals surface area contributed by atoms with Gasteiger partial charge in [0.15, 0.2) is 0 Å². The second-order valence-corrected chi connectivity index (χ2v) is 13.2. The predicted molar refractivity (Wildman–Crippen MR) is 147 cm³/mol. The van der Waals surface area contributed by atoms with E-state index in [-0.39, 0.29) is 10.5 Å². The normalized spacial score (nSPS) is 16.7. The average Bonchev–Trinajstić information content (AvgIpc) is 3.26. The number of urea groups is 1. The predicted octanol–water partition coefficient (Wildman–Crippen LogP) is 3.35. The molecule has 2 aliphatic rings. The van der Waals surface area contributed by atoms with Gasteiger partial charge in [-0.3, -0.25) is 19.8 Å². The lowest BCUT2D eigenvalue weighted by atomic mass is 10.0. The van der Waals surface area contributed by atoms with E-state index >= 15 is 0 Å². The van der Waals surface area contributed by atoms with Crippen molar-refractivity contribution in [2.24, 2.45) is 0 Å². The summed E-state index contributed by atoms with van der Waals surface area (Å²) in [7, 11) is -0.513. The zero-order valence-electron chi connectivity index (χ0n) is 22.2. The Morgan fingerprint density at radius 3 is 2.24 bits per heavy atom. The monoisotopic (exact) mass is 561 g/mol. The molecule has 2 N–H and O–H groups in total. The molecule has 0 bridgehead atoms. The van der Waals surface area contributed by atoms with Crippen molar-refractivity contribution in [3.8, 4) is 0 Å². The Morgan fingerprint density at radius 2 is 1.63 bits per heavy atom. The van der Waals surface area contributed by atoms with Gasteiger partial charge in [0.05, 0.1) is 10.5 Å². The molecule has 0 atom stereocenters. The van der Waals surface area contributed by atoms with E-state index in [1.54, 1.807) is 14.1 Å². The number of nitrogens with zero attached hydrogens (tertiary/aromatic N) is 3. The van der Waals surface area contributed by atoms with Gasteiger partial charge in [0.2, 0.25) is 10.0 Å². The number of anilines is 1. The number of hydrogen-bond acceptors (Lipinski definition) is 7. The van der Waals surface area contributed by atoms with Crippen LogP contribution < -0.4 is 10.6 Å². The molecule has 1 aromatic carbocycles. The maximum atomic E-state index is 13.2. The van der Waals surface area contributed by atoms with Crippen LogP contribution in [0.5, 0.6) is 0 Å². The summed E-state index contributed by atoms with van der Waals surface area (Å²) in [5.41, 5.74) is 1.42. The molecule has 12 heteroatoms. The van der Waals surface area contributed by atoms with Crippen molar-refractivity contribution in [1.82, 2.24) is 19.4 Å². The summed E-state index contributed by atoms with van der Waals surface area (Å²) >= 11 is 1.33. The Balaban J connectivity index is 1.58. The van der Waals surface area contributed by atoms with E-state index in [4.69, 9.17) is 0 Å². The van der Waals surface area contributed by atoms with E-state index in [9.17, 15) is 22.8 Å². The number of rotatable bonds is 6. The highest BCUT2D eigenvalue weighted by atomic mass is 32.2. The molecule has 1 saturated heterocycles. The highest BCUT2D eigenvalue weighted by molar-refractivity contribution is 7.89. The van der Waals surface area contributed by atoms with E-state index in [0.717, 1.165) is 36.2 Å². The summed E-state index contributed by atoms with van der Waals surface area (Å²) in [6.07, 6.45) is 3.34. The van der Waals surface area contributed by atoms with Crippen LogP contribution in [0.4, 0.5) is 9.80 Å². The molecule has 1 fully saturated rings. The molecule has 4 amide bonds. The minimum absolute atomic E-state index is 0.151. The van der Waals surface area contributed by atoms with Gasteiger partial charge in [-0.1, -0.05) is 6.42 Å². The Bertz CT molecular complexity index is 1310. The highest BCUT2D eigenvalue weighted by Crippen LogP contribution is 2.38. The van der Waals surface area contributed by atoms with Crippen LogP contribution >= 0.6 is 11.3 Å². The number of carbonyl (C=O) groups is 3. The van der Waals surface area contributed by atoms with Crippen LogP contribution in [0.15, 0.2) is 29.2 Å². The van der Waals surface area contributed by atoms with Gasteiger partial charge >= 0.3 is 6.03 Å². The Labute approximate surface area is 228 Å². The SMILES string of the molecule is CC(C)N1CCc2c(sc(NC(=O)c3ccc(S(=O)(=O)N4CCCCC4)cc3)c2C(=O)NC(=O)N(C)C)C1. The molecule has 3 heterocycles. The summed E-state index contributed by atoms with van der Waals surface area (Å²) in [4.78, 5) is 43.2. The lowest BCUT2D eigenvalue weighted by Crippen LogP contribution is -2.40. The molecule has 206 valence electrons. The molecule has 0 aliphatic carbocycles. The molecule has 1 aromatic heterocycles. The lowest BCUT2D eigenvalue weighted by molar-refractivity contribution is 0.0956. The number of benzene rings is 1. The first-order valence-electron chi connectivity index (χ1n) is 12.8. The van der Waals surface area contributed by atoms with Crippen molar-refractivity contribution in [2.45, 2.75) is 57.0 Å². The van der Waals surface area contributed by atoms with Gasteiger partial charge < -0.3 is 10.2 Å². The van der Waals surface area contributed by atoms with E-state index in [0.29, 0.717) is 42.7 Å². The standard InChI is InChI=1S/C26H35N5O5S2/c1-17(2)30-15-12-20-21(16-30)37-25(22(20)24(33)28-26(34)29(3)4)27-23(32)18-8-10-19(11-9-18)38(35,36)31-13-6-5-7-14-31/h8-11,17H,5-7,12-16H2,1-4H3,(H,27,32)(H,28,33,34). The summed E-state index contributed by atoms with van der Waals surface area (Å²) in [5, 5.41) is 5.62. The fourth-order valence-corrected chi connectivity index (χ4v) is 7.45. The van der Waals surface area contributed by atoms with E-state index in [1.807, 2.05) is 0 Å². The molecular weight excluding hydrogens is 526 g/mol. The van der Waals surface area contributed by atoms with Gasteiger partial charge in [0.25, 0.3) is 11.8 Å². The molecule has 4 rings (SSSR count). The third-order valence-electron chi connectivity index (χ3n) is 6.97. The number of thiophene rings is 1. The fraction of sp³-hybridized carbons (Fsp3) is 0.500. The van der Waals surface area contributed by atoms with Crippen LogP contribution in [-0.2, 0) is 23.0 Å². The minimum Gasteiger partial charge on any atom is -0.331 e. The number of amides is 4. The molecular formula is C26H35N5O5S2. The second-order valence-electron chi connectivity index (χ2n) is 10.1. The zero-order valence-corrected chi connectivity index (χ0v) is 23.9. The molecule has 0 unspecified atom stereocenters. The van der Waals surface area contributed by atoms with Gasteiger partial charge in [-0.05, 0) is 62.9 Å². The van der Waals surface area contributed by atoms with Gasteiger partial charge in [-0.25, -0.2) is 13.2 Å². The largest absolute Gasteiger partial charge is 0.331 e. The third-order valence-corrected chi connectivity index (χ3v) is 10.0. The number of hydrogen-bond donors (Lipinski definition) is 2. The fourth-order valence-electron chi connectivity index (χ4n) is 4.67. The van der Waals surface area contributed by atoms with Crippen molar-refractivity contribution >= 4 is 44.2 Å². The number of nitrogens with one attached hydrogen (secondary N) is 2. The van der Waals surface area contributed by atoms with Crippen molar-refractivity contribution < 1.29 is 22.8 Å². The van der Waals surface area contributed by atoms with Gasteiger partial charge in [-0.15, -0.1) is 11.3 Å². The molecule has 0 radical (unpaired) electrons. The summed E-state index contributed by atoms with van der Waals surface area (Å²) in [5.74, 6) is -1.02. The van der Waals surface area contributed by atoms with Crippen molar-refractivity contribution in [1.29, 1.82) is 0 Å². The Kier molecular flexibility index (Phi) is 8.55. The molecule has 0 spiro atoms. The van der Waals surface area contributed by atoms with E-state index in [2.05, 4.69) is 29.4 Å². The number of piperidine rings is 1.